The molecule has 0 aromatic rings. The van der Waals surface area contributed by atoms with Gasteiger partial charge in [0, 0.05) is 12.1 Å². The summed E-state index contributed by atoms with van der Waals surface area (Å²) in [7, 11) is 0. The Kier molecular flexibility index (Phi) is 13.0. The van der Waals surface area contributed by atoms with E-state index in [9.17, 15) is 0 Å². The van der Waals surface area contributed by atoms with E-state index < -0.39 is 0 Å². The zero-order valence-electron chi connectivity index (χ0n) is 8.29. The van der Waals surface area contributed by atoms with Crippen molar-refractivity contribution in [2.24, 2.45) is 22.9 Å². The summed E-state index contributed by atoms with van der Waals surface area (Å²) in [5.41, 5.74) is 20.9. The van der Waals surface area contributed by atoms with E-state index in [4.69, 9.17) is 22.9 Å². The van der Waals surface area contributed by atoms with Crippen molar-refractivity contribution < 1.29 is 0 Å². The summed E-state index contributed by atoms with van der Waals surface area (Å²) in [5.74, 6) is 0. The van der Waals surface area contributed by atoms with Crippen LogP contribution in [0.25, 0.3) is 0 Å². The van der Waals surface area contributed by atoms with Gasteiger partial charge < -0.3 is 22.9 Å². The van der Waals surface area contributed by atoms with E-state index in [-0.39, 0.29) is 12.1 Å². The fraction of sp³-hybridized carbons (Fsp3) is 1.00. The van der Waals surface area contributed by atoms with Gasteiger partial charge in [-0.25, -0.2) is 0 Å². The van der Waals surface area contributed by atoms with E-state index >= 15 is 0 Å². The van der Waals surface area contributed by atoms with Gasteiger partial charge in [0.1, 0.15) is 0 Å². The van der Waals surface area contributed by atoms with Crippen molar-refractivity contribution >= 4 is 0 Å². The maximum absolute atomic E-state index is 5.32. The van der Waals surface area contributed by atoms with Crippen LogP contribution < -0.4 is 22.9 Å². The molecule has 0 aromatic heterocycles. The third-order valence-electron chi connectivity index (χ3n) is 1.24. The fourth-order valence-corrected chi connectivity index (χ4v) is 0.526. The molecule has 0 saturated carbocycles. The van der Waals surface area contributed by atoms with Crippen molar-refractivity contribution in [2.45, 2.75) is 38.8 Å². The smallest absolute Gasteiger partial charge is 0.00224 e. The highest BCUT2D eigenvalue weighted by atomic mass is 14.6. The molecule has 0 radical (unpaired) electrons. The standard InChI is InChI=1S/2C4H12N2/c2*1-4(6)2-3-5/h2*4H,2-3,5-6H2,1H3. The average Bonchev–Trinajstić information content (AvgIpc) is 1.87. The molecular formula is C8H24N4. The van der Waals surface area contributed by atoms with Crippen molar-refractivity contribution in [2.75, 3.05) is 13.1 Å². The fourth-order valence-electron chi connectivity index (χ4n) is 0.526. The van der Waals surface area contributed by atoms with Gasteiger partial charge in [-0.05, 0) is 39.8 Å². The molecule has 0 aliphatic carbocycles. The minimum atomic E-state index is 0.273. The van der Waals surface area contributed by atoms with Crippen LogP contribution in [0.5, 0.6) is 0 Å². The van der Waals surface area contributed by atoms with Gasteiger partial charge in [0.15, 0.2) is 0 Å². The first-order valence-electron chi connectivity index (χ1n) is 4.45. The SMILES string of the molecule is CC(N)CCN.CC(N)CCN. The third-order valence-corrected chi connectivity index (χ3v) is 1.24. The Morgan fingerprint density at radius 3 is 1.08 bits per heavy atom. The second kappa shape index (κ2) is 10.8. The van der Waals surface area contributed by atoms with Gasteiger partial charge in [-0.15, -0.1) is 0 Å². The highest BCUT2D eigenvalue weighted by Gasteiger charge is 1.86. The van der Waals surface area contributed by atoms with Gasteiger partial charge in [0.25, 0.3) is 0 Å². The van der Waals surface area contributed by atoms with Crippen LogP contribution >= 0.6 is 0 Å². The Labute approximate surface area is 75.7 Å². The van der Waals surface area contributed by atoms with Crippen LogP contribution in [0.4, 0.5) is 0 Å². The summed E-state index contributed by atoms with van der Waals surface area (Å²) in [6, 6.07) is 0.546. The molecule has 2 atom stereocenters. The molecule has 0 fully saturated rings. The molecule has 0 spiro atoms. The minimum absolute atomic E-state index is 0.273. The molecule has 76 valence electrons. The van der Waals surface area contributed by atoms with Crippen molar-refractivity contribution in [3.05, 3.63) is 0 Å². The molecule has 0 amide bonds. The van der Waals surface area contributed by atoms with Gasteiger partial charge in [0.05, 0.1) is 0 Å². The van der Waals surface area contributed by atoms with Crippen LogP contribution in [-0.2, 0) is 0 Å². The highest BCUT2D eigenvalue weighted by Crippen LogP contribution is 1.77. The Balaban J connectivity index is 0. The third kappa shape index (κ3) is 22.5. The molecule has 12 heavy (non-hydrogen) atoms. The van der Waals surface area contributed by atoms with Crippen LogP contribution in [0.2, 0.25) is 0 Å². The van der Waals surface area contributed by atoms with Crippen molar-refractivity contribution in [1.82, 2.24) is 0 Å². The summed E-state index contributed by atoms with van der Waals surface area (Å²) in [6.07, 6.45) is 1.86. The highest BCUT2D eigenvalue weighted by molar-refractivity contribution is 4.50. The molecule has 0 aliphatic rings. The van der Waals surface area contributed by atoms with Crippen LogP contribution in [0.1, 0.15) is 26.7 Å². The lowest BCUT2D eigenvalue weighted by Gasteiger charge is -1.96. The lowest BCUT2D eigenvalue weighted by Crippen LogP contribution is -2.18. The Morgan fingerprint density at radius 2 is 1.08 bits per heavy atom. The van der Waals surface area contributed by atoms with E-state index in [0.717, 1.165) is 12.8 Å². The normalized spacial score (nSPS) is 14.5. The first-order chi connectivity index (χ1) is 5.54. The van der Waals surface area contributed by atoms with Crippen LogP contribution in [-0.4, -0.2) is 25.2 Å². The van der Waals surface area contributed by atoms with Gasteiger partial charge in [0.2, 0.25) is 0 Å². The van der Waals surface area contributed by atoms with E-state index in [1.54, 1.807) is 0 Å². The van der Waals surface area contributed by atoms with Crippen LogP contribution in [0.3, 0.4) is 0 Å². The van der Waals surface area contributed by atoms with Crippen molar-refractivity contribution in [3.8, 4) is 0 Å². The molecule has 4 heteroatoms. The van der Waals surface area contributed by atoms with Gasteiger partial charge in [-0.1, -0.05) is 0 Å². The Bertz CT molecular complexity index is 63.5. The first-order valence-corrected chi connectivity index (χ1v) is 4.45. The predicted octanol–water partition coefficient (Wildman–Crippen LogP) is -0.635. The average molecular weight is 176 g/mol. The Morgan fingerprint density at radius 1 is 0.833 bits per heavy atom. The van der Waals surface area contributed by atoms with Crippen LogP contribution in [0, 0.1) is 0 Å². The number of hydrogen-bond donors (Lipinski definition) is 4. The van der Waals surface area contributed by atoms with Gasteiger partial charge >= 0.3 is 0 Å². The zero-order valence-corrected chi connectivity index (χ0v) is 8.29. The van der Waals surface area contributed by atoms with Crippen molar-refractivity contribution in [1.29, 1.82) is 0 Å². The molecule has 8 N–H and O–H groups in total. The molecular weight excluding hydrogens is 152 g/mol. The number of hydrogen-bond acceptors (Lipinski definition) is 4. The van der Waals surface area contributed by atoms with E-state index in [1.807, 2.05) is 13.8 Å². The van der Waals surface area contributed by atoms with E-state index in [2.05, 4.69) is 0 Å². The Hall–Kier alpha value is -0.160. The summed E-state index contributed by atoms with van der Waals surface area (Å²) >= 11 is 0. The topological polar surface area (TPSA) is 104 Å². The van der Waals surface area contributed by atoms with Gasteiger partial charge in [-0.3, -0.25) is 0 Å². The maximum atomic E-state index is 5.32. The predicted molar refractivity (Wildman–Crippen MR) is 54.6 cm³/mol. The molecule has 0 aliphatic heterocycles. The maximum Gasteiger partial charge on any atom is 0.00224 e. The zero-order chi connectivity index (χ0) is 9.98. The van der Waals surface area contributed by atoms with Crippen molar-refractivity contribution in [3.63, 3.8) is 0 Å². The molecule has 2 unspecified atom stereocenters. The molecule has 0 aromatic carbocycles. The second-order valence-corrected chi connectivity index (χ2v) is 3.11. The van der Waals surface area contributed by atoms with Gasteiger partial charge in [-0.2, -0.15) is 0 Å². The number of rotatable bonds is 4. The molecule has 0 heterocycles. The minimum Gasteiger partial charge on any atom is -0.330 e. The molecule has 0 bridgehead atoms. The van der Waals surface area contributed by atoms with E-state index in [1.165, 1.54) is 0 Å². The van der Waals surface area contributed by atoms with Crippen LogP contribution in [0.15, 0.2) is 0 Å². The lowest BCUT2D eigenvalue weighted by atomic mass is 10.3. The lowest BCUT2D eigenvalue weighted by molar-refractivity contribution is 0.676. The summed E-state index contributed by atoms with van der Waals surface area (Å²) in [6.45, 7) is 5.31. The summed E-state index contributed by atoms with van der Waals surface area (Å²) < 4.78 is 0. The summed E-state index contributed by atoms with van der Waals surface area (Å²) in [5, 5.41) is 0. The first kappa shape index (κ1) is 14.4. The molecule has 0 saturated heterocycles. The number of nitrogens with two attached hydrogens (primary N) is 4. The quantitative estimate of drug-likeness (QED) is 0.457. The summed E-state index contributed by atoms with van der Waals surface area (Å²) in [4.78, 5) is 0. The monoisotopic (exact) mass is 176 g/mol. The largest absolute Gasteiger partial charge is 0.330 e. The van der Waals surface area contributed by atoms with E-state index in [0.29, 0.717) is 13.1 Å². The molecule has 4 nitrogen and oxygen atoms in total. The molecule has 0 rings (SSSR count). The second-order valence-electron chi connectivity index (χ2n) is 3.11.